The van der Waals surface area contributed by atoms with E-state index in [-0.39, 0.29) is 7.43 Å². The molecule has 6 nitrogen and oxygen atoms in total. The molecule has 0 fully saturated rings. The van der Waals surface area contributed by atoms with Crippen molar-refractivity contribution in [3.05, 3.63) is 7.43 Å². The monoisotopic (exact) mass is 384 g/mol. The van der Waals surface area contributed by atoms with Gasteiger partial charge in [0.25, 0.3) is 0 Å². The quantitative estimate of drug-likeness (QED) is 0.258. The molecule has 0 atom stereocenters. The van der Waals surface area contributed by atoms with Crippen molar-refractivity contribution in [2.75, 3.05) is 13.2 Å². The van der Waals surface area contributed by atoms with Gasteiger partial charge in [0, 0.05) is 13.2 Å². The summed E-state index contributed by atoms with van der Waals surface area (Å²) in [7, 11) is -4.19. The molecule has 0 aromatic carbocycles. The summed E-state index contributed by atoms with van der Waals surface area (Å²) in [5.74, 6) is 0. The number of hydrogen-bond acceptors (Lipinski definition) is 6. The first-order valence-corrected chi connectivity index (χ1v) is 10.4. The zero-order chi connectivity index (χ0) is 19.9. The standard InChI is InChI=1S/2C9H19BO3.C/c2*1-2-3-4-5-6-7-8-9-13-10(11)12;/h2*2-9H2,1H3;/q2*-2;+4. The van der Waals surface area contributed by atoms with Crippen molar-refractivity contribution in [1.82, 2.24) is 0 Å². The van der Waals surface area contributed by atoms with Crippen LogP contribution in [-0.4, -0.2) is 27.9 Å². The van der Waals surface area contributed by atoms with Gasteiger partial charge in [-0.15, -0.1) is 0 Å². The average Bonchev–Trinajstić information content (AvgIpc) is 2.60. The molecular weight excluding hydrogens is 346 g/mol. The average molecular weight is 384 g/mol. The number of rotatable bonds is 18. The fraction of sp³-hybridized carbons (Fsp3) is 0.947. The molecule has 0 saturated heterocycles. The second-order valence-electron chi connectivity index (χ2n) is 6.56. The molecule has 0 aliphatic carbocycles. The molecule has 0 spiro atoms. The van der Waals surface area contributed by atoms with E-state index in [1.165, 1.54) is 64.2 Å². The Hall–Kier alpha value is -0.110. The maximum absolute atomic E-state index is 9.92. The van der Waals surface area contributed by atoms with Crippen molar-refractivity contribution in [1.29, 1.82) is 0 Å². The first kappa shape index (κ1) is 31.6. The van der Waals surface area contributed by atoms with Gasteiger partial charge < -0.3 is 29.4 Å². The molecule has 0 N–H and O–H groups in total. The van der Waals surface area contributed by atoms with Crippen LogP contribution in [-0.2, 0) is 9.31 Å². The van der Waals surface area contributed by atoms with E-state index in [0.29, 0.717) is 13.2 Å². The first-order chi connectivity index (χ1) is 12.5. The van der Waals surface area contributed by atoms with E-state index < -0.39 is 14.6 Å². The molecule has 27 heavy (non-hydrogen) atoms. The minimum Gasteiger partial charge on any atom is -0.871 e. The Balaban J connectivity index is -0.000000411. The summed E-state index contributed by atoms with van der Waals surface area (Å²) in [6.07, 6.45) is 16.4. The van der Waals surface area contributed by atoms with E-state index in [1.807, 2.05) is 0 Å². The van der Waals surface area contributed by atoms with Crippen LogP contribution in [0.15, 0.2) is 0 Å². The van der Waals surface area contributed by atoms with Gasteiger partial charge in [-0.05, 0) is 12.8 Å². The SMILES string of the molecule is CCCCCCCCCOB([O-])[O-].CCCCCCCCCOB([O-])[O-].[C+4]. The van der Waals surface area contributed by atoms with E-state index >= 15 is 0 Å². The summed E-state index contributed by atoms with van der Waals surface area (Å²) < 4.78 is 8.72. The van der Waals surface area contributed by atoms with E-state index in [0.717, 1.165) is 25.7 Å². The topological polar surface area (TPSA) is 111 Å². The van der Waals surface area contributed by atoms with Crippen molar-refractivity contribution in [2.24, 2.45) is 0 Å². The second-order valence-corrected chi connectivity index (χ2v) is 6.56. The molecule has 0 saturated carbocycles. The van der Waals surface area contributed by atoms with Crippen LogP contribution in [0.3, 0.4) is 0 Å². The molecule has 0 amide bonds. The van der Waals surface area contributed by atoms with Gasteiger partial charge in [-0.3, -0.25) is 0 Å². The van der Waals surface area contributed by atoms with Gasteiger partial charge in [-0.2, -0.15) is 0 Å². The fourth-order valence-corrected chi connectivity index (χ4v) is 2.48. The zero-order valence-electron chi connectivity index (χ0n) is 17.4. The summed E-state index contributed by atoms with van der Waals surface area (Å²) in [5, 5.41) is 39.7. The number of unbranched alkanes of at least 4 members (excludes halogenated alkanes) is 12. The van der Waals surface area contributed by atoms with Crippen LogP contribution in [0.1, 0.15) is 104 Å². The van der Waals surface area contributed by atoms with E-state index in [2.05, 4.69) is 23.2 Å². The van der Waals surface area contributed by atoms with Gasteiger partial charge in [-0.25, -0.2) is 0 Å². The Morgan fingerprint density at radius 3 is 1.00 bits per heavy atom. The van der Waals surface area contributed by atoms with Gasteiger partial charge >= 0.3 is 7.43 Å². The van der Waals surface area contributed by atoms with E-state index in [1.54, 1.807) is 0 Å². The van der Waals surface area contributed by atoms with Crippen LogP contribution < -0.4 is 20.1 Å². The number of hydrogen-bond donors (Lipinski definition) is 0. The Morgan fingerprint density at radius 1 is 0.481 bits per heavy atom. The minimum atomic E-state index is -2.10. The Labute approximate surface area is 169 Å². The van der Waals surface area contributed by atoms with Crippen molar-refractivity contribution < 1.29 is 29.4 Å². The molecule has 0 aliphatic heterocycles. The summed E-state index contributed by atoms with van der Waals surface area (Å²) in [6.45, 7) is 5.03. The molecule has 8 heteroatoms. The zero-order valence-corrected chi connectivity index (χ0v) is 17.4. The van der Waals surface area contributed by atoms with Crippen LogP contribution in [0.25, 0.3) is 0 Å². The van der Waals surface area contributed by atoms with Gasteiger partial charge in [0.05, 0.1) is 14.6 Å². The molecule has 0 radical (unpaired) electrons. The van der Waals surface area contributed by atoms with Crippen LogP contribution >= 0.6 is 0 Å². The predicted molar refractivity (Wildman–Crippen MR) is 103 cm³/mol. The van der Waals surface area contributed by atoms with E-state index in [4.69, 9.17) is 0 Å². The van der Waals surface area contributed by atoms with Crippen molar-refractivity contribution >= 4 is 14.6 Å². The third-order valence-corrected chi connectivity index (χ3v) is 4.00. The first-order valence-electron chi connectivity index (χ1n) is 10.4. The normalized spacial score (nSPS) is 10.0. The van der Waals surface area contributed by atoms with E-state index in [9.17, 15) is 20.1 Å². The van der Waals surface area contributed by atoms with Gasteiger partial charge in [0.2, 0.25) is 0 Å². The molecule has 0 aromatic heterocycles. The molecule has 156 valence electrons. The maximum atomic E-state index is 9.92. The molecule has 0 aromatic rings. The molecule has 0 rings (SSSR count). The summed E-state index contributed by atoms with van der Waals surface area (Å²) in [4.78, 5) is 0. The third kappa shape index (κ3) is 37.4. The summed E-state index contributed by atoms with van der Waals surface area (Å²) in [6, 6.07) is 0. The maximum Gasteiger partial charge on any atom is 4.00 e. The molecule has 0 unspecified atom stereocenters. The predicted octanol–water partition coefficient (Wildman–Crippen LogP) is 0.999. The van der Waals surface area contributed by atoms with Crippen molar-refractivity contribution in [2.45, 2.75) is 104 Å². The fourth-order valence-electron chi connectivity index (χ4n) is 2.48. The smallest absolute Gasteiger partial charge is 0.871 e. The Kier molecular flexibility index (Phi) is 32.9. The van der Waals surface area contributed by atoms with Gasteiger partial charge in [0.1, 0.15) is 0 Å². The molecular formula is C19H38B2O6. The minimum absolute atomic E-state index is 0. The van der Waals surface area contributed by atoms with Gasteiger partial charge in [-0.1, -0.05) is 90.9 Å². The van der Waals surface area contributed by atoms with Crippen LogP contribution in [0.5, 0.6) is 0 Å². The van der Waals surface area contributed by atoms with Crippen LogP contribution in [0, 0.1) is 7.43 Å². The van der Waals surface area contributed by atoms with Crippen LogP contribution in [0.2, 0.25) is 0 Å². The van der Waals surface area contributed by atoms with Gasteiger partial charge in [0.15, 0.2) is 0 Å². The third-order valence-electron chi connectivity index (χ3n) is 4.00. The Bertz CT molecular complexity index is 222. The van der Waals surface area contributed by atoms with Crippen molar-refractivity contribution in [3.8, 4) is 0 Å². The summed E-state index contributed by atoms with van der Waals surface area (Å²) in [5.41, 5.74) is 0. The molecule has 0 heterocycles. The second kappa shape index (κ2) is 28.1. The largest absolute Gasteiger partial charge is 4.00 e. The van der Waals surface area contributed by atoms with Crippen LogP contribution in [0.4, 0.5) is 0 Å². The molecule has 0 bridgehead atoms. The van der Waals surface area contributed by atoms with Crippen molar-refractivity contribution in [3.63, 3.8) is 0 Å². The molecule has 0 aliphatic rings. The summed E-state index contributed by atoms with van der Waals surface area (Å²) >= 11 is 0. The Morgan fingerprint density at radius 2 is 0.741 bits per heavy atom.